The number of amides is 2. The van der Waals surface area contributed by atoms with Crippen LogP contribution in [0.4, 0.5) is 10.5 Å². The van der Waals surface area contributed by atoms with Gasteiger partial charge in [-0.3, -0.25) is 0 Å². The van der Waals surface area contributed by atoms with Crippen molar-refractivity contribution in [2.24, 2.45) is 0 Å². The Bertz CT molecular complexity index is 546. The fourth-order valence-corrected chi connectivity index (χ4v) is 2.14. The lowest BCUT2D eigenvalue weighted by atomic mass is 10.1. The van der Waals surface area contributed by atoms with Gasteiger partial charge >= 0.3 is 12.0 Å². The molecule has 21 heavy (non-hydrogen) atoms. The van der Waals surface area contributed by atoms with Gasteiger partial charge in [0, 0.05) is 19.2 Å². The number of nitrogens with zero attached hydrogens (tertiary/aromatic N) is 1. The largest absolute Gasteiger partial charge is 0.497 e. The first-order valence-electron chi connectivity index (χ1n) is 6.60. The van der Waals surface area contributed by atoms with E-state index >= 15 is 0 Å². The van der Waals surface area contributed by atoms with Crippen molar-refractivity contribution in [2.45, 2.75) is 13.0 Å². The van der Waals surface area contributed by atoms with E-state index in [0.717, 1.165) is 0 Å². The molecule has 114 valence electrons. The van der Waals surface area contributed by atoms with Crippen LogP contribution in [0, 0.1) is 0 Å². The molecule has 1 saturated heterocycles. The maximum Gasteiger partial charge on any atom is 0.337 e. The van der Waals surface area contributed by atoms with Gasteiger partial charge in [-0.25, -0.2) is 9.59 Å². The van der Waals surface area contributed by atoms with Gasteiger partial charge in [-0.2, -0.15) is 0 Å². The highest BCUT2D eigenvalue weighted by Gasteiger charge is 2.23. The summed E-state index contributed by atoms with van der Waals surface area (Å²) >= 11 is 0. The Morgan fingerprint density at radius 2 is 2.24 bits per heavy atom. The Labute approximate surface area is 122 Å². The minimum atomic E-state index is -1.11. The van der Waals surface area contributed by atoms with Crippen molar-refractivity contribution in [2.75, 3.05) is 32.1 Å². The third-order valence-electron chi connectivity index (χ3n) is 3.23. The maximum atomic E-state index is 12.2. The maximum absolute atomic E-state index is 12.2. The second kappa shape index (κ2) is 6.45. The Hall–Kier alpha value is -2.28. The minimum absolute atomic E-state index is 0.0189. The summed E-state index contributed by atoms with van der Waals surface area (Å²) in [5, 5.41) is 11.8. The number of hydrogen-bond acceptors (Lipinski definition) is 4. The molecule has 2 rings (SSSR count). The fourth-order valence-electron chi connectivity index (χ4n) is 2.14. The van der Waals surface area contributed by atoms with Crippen molar-refractivity contribution < 1.29 is 24.2 Å². The van der Waals surface area contributed by atoms with Crippen molar-refractivity contribution in [1.29, 1.82) is 0 Å². The second-order valence-corrected chi connectivity index (χ2v) is 4.77. The normalized spacial score (nSPS) is 18.2. The van der Waals surface area contributed by atoms with Crippen LogP contribution in [0.15, 0.2) is 18.2 Å². The first kappa shape index (κ1) is 15.1. The third kappa shape index (κ3) is 3.63. The molecule has 1 aromatic rings. The highest BCUT2D eigenvalue weighted by molar-refractivity contribution is 6.00. The van der Waals surface area contributed by atoms with Gasteiger partial charge in [0.05, 0.1) is 31.1 Å². The molecule has 2 amide bonds. The van der Waals surface area contributed by atoms with E-state index in [1.54, 1.807) is 4.90 Å². The molecule has 1 unspecified atom stereocenters. The predicted octanol–water partition coefficient (Wildman–Crippen LogP) is 1.65. The molecule has 0 aliphatic carbocycles. The second-order valence-electron chi connectivity index (χ2n) is 4.77. The van der Waals surface area contributed by atoms with E-state index < -0.39 is 5.97 Å². The van der Waals surface area contributed by atoms with Gasteiger partial charge in [0.2, 0.25) is 0 Å². The zero-order chi connectivity index (χ0) is 15.4. The molecule has 0 radical (unpaired) electrons. The first-order chi connectivity index (χ1) is 10.0. The fraction of sp³-hybridized carbons (Fsp3) is 0.429. The van der Waals surface area contributed by atoms with E-state index in [4.69, 9.17) is 14.6 Å². The summed E-state index contributed by atoms with van der Waals surface area (Å²) in [6.45, 7) is 3.30. The quantitative estimate of drug-likeness (QED) is 0.885. The molecule has 1 aromatic carbocycles. The summed E-state index contributed by atoms with van der Waals surface area (Å²) in [6.07, 6.45) is -0.0336. The standard InChI is InChI=1S/C14H18N2O5/c1-9-8-16(5-6-21-9)14(19)15-12-7-10(20-2)3-4-11(12)13(17)18/h3-4,7,9H,5-6,8H2,1-2H3,(H,15,19)(H,17,18). The molecule has 7 nitrogen and oxygen atoms in total. The molecule has 2 N–H and O–H groups in total. The van der Waals surface area contributed by atoms with Crippen molar-refractivity contribution in [3.05, 3.63) is 23.8 Å². The highest BCUT2D eigenvalue weighted by atomic mass is 16.5. The van der Waals surface area contributed by atoms with Gasteiger partial charge in [-0.15, -0.1) is 0 Å². The Balaban J connectivity index is 2.17. The molecule has 1 heterocycles. The molecular weight excluding hydrogens is 276 g/mol. The summed E-state index contributed by atoms with van der Waals surface area (Å²) in [5.74, 6) is -0.631. The van der Waals surface area contributed by atoms with Crippen LogP contribution in [0.3, 0.4) is 0 Å². The van der Waals surface area contributed by atoms with Crippen LogP contribution in [-0.2, 0) is 4.74 Å². The van der Waals surface area contributed by atoms with E-state index in [1.807, 2.05) is 6.92 Å². The molecule has 7 heteroatoms. The summed E-state index contributed by atoms with van der Waals surface area (Å²) < 4.78 is 10.4. The summed E-state index contributed by atoms with van der Waals surface area (Å²) in [6, 6.07) is 4.08. The van der Waals surface area contributed by atoms with E-state index in [9.17, 15) is 9.59 Å². The predicted molar refractivity (Wildman–Crippen MR) is 76.0 cm³/mol. The lowest BCUT2D eigenvalue weighted by Crippen LogP contribution is -2.46. The number of ether oxygens (including phenoxy) is 2. The molecule has 0 aromatic heterocycles. The van der Waals surface area contributed by atoms with Crippen molar-refractivity contribution in [1.82, 2.24) is 4.90 Å². The average Bonchev–Trinajstić information content (AvgIpc) is 2.46. The zero-order valence-electron chi connectivity index (χ0n) is 12.0. The molecule has 1 aliphatic heterocycles. The van der Waals surface area contributed by atoms with E-state index in [2.05, 4.69) is 5.32 Å². The number of aromatic carboxylic acids is 1. The average molecular weight is 294 g/mol. The Kier molecular flexibility index (Phi) is 4.64. The van der Waals surface area contributed by atoms with Crippen LogP contribution in [0.25, 0.3) is 0 Å². The van der Waals surface area contributed by atoms with Crippen molar-refractivity contribution >= 4 is 17.7 Å². The monoisotopic (exact) mass is 294 g/mol. The van der Waals surface area contributed by atoms with Gasteiger partial charge in [0.25, 0.3) is 0 Å². The number of carbonyl (C=O) groups excluding carboxylic acids is 1. The summed E-state index contributed by atoms with van der Waals surface area (Å²) in [4.78, 5) is 25.0. The van der Waals surface area contributed by atoms with Gasteiger partial charge in [0.15, 0.2) is 0 Å². The van der Waals surface area contributed by atoms with Crippen LogP contribution in [-0.4, -0.2) is 54.9 Å². The SMILES string of the molecule is COc1ccc(C(=O)O)c(NC(=O)N2CCOC(C)C2)c1. The molecule has 1 atom stereocenters. The first-order valence-corrected chi connectivity index (χ1v) is 6.60. The van der Waals surface area contributed by atoms with Crippen LogP contribution in [0.2, 0.25) is 0 Å². The lowest BCUT2D eigenvalue weighted by molar-refractivity contribution is -0.00139. The number of carboxylic acid groups (broad SMARTS) is 1. The van der Waals surface area contributed by atoms with Crippen LogP contribution in [0.1, 0.15) is 17.3 Å². The summed E-state index contributed by atoms with van der Waals surface area (Å²) in [7, 11) is 1.48. The Morgan fingerprint density at radius 1 is 1.48 bits per heavy atom. The number of morpholine rings is 1. The number of nitrogens with one attached hydrogen (secondary N) is 1. The smallest absolute Gasteiger partial charge is 0.337 e. The van der Waals surface area contributed by atoms with E-state index in [1.165, 1.54) is 25.3 Å². The molecule has 0 saturated carbocycles. The molecule has 0 bridgehead atoms. The van der Waals surface area contributed by atoms with Gasteiger partial charge in [-0.05, 0) is 19.1 Å². The van der Waals surface area contributed by atoms with Gasteiger partial charge in [0.1, 0.15) is 5.75 Å². The number of rotatable bonds is 3. The van der Waals surface area contributed by atoms with Crippen molar-refractivity contribution in [3.63, 3.8) is 0 Å². The number of hydrogen-bond donors (Lipinski definition) is 2. The highest BCUT2D eigenvalue weighted by Crippen LogP contribution is 2.23. The number of carbonyl (C=O) groups is 2. The number of benzene rings is 1. The van der Waals surface area contributed by atoms with Crippen LogP contribution < -0.4 is 10.1 Å². The topological polar surface area (TPSA) is 88.1 Å². The van der Waals surface area contributed by atoms with Crippen LogP contribution in [0.5, 0.6) is 5.75 Å². The number of carboxylic acids is 1. The molecule has 1 fully saturated rings. The lowest BCUT2D eigenvalue weighted by Gasteiger charge is -2.31. The number of anilines is 1. The zero-order valence-corrected chi connectivity index (χ0v) is 12.0. The van der Waals surface area contributed by atoms with Crippen LogP contribution >= 0.6 is 0 Å². The van der Waals surface area contributed by atoms with Gasteiger partial charge in [-0.1, -0.05) is 0 Å². The molecule has 0 spiro atoms. The van der Waals surface area contributed by atoms with E-state index in [0.29, 0.717) is 25.4 Å². The minimum Gasteiger partial charge on any atom is -0.497 e. The third-order valence-corrected chi connectivity index (χ3v) is 3.23. The van der Waals surface area contributed by atoms with Crippen molar-refractivity contribution in [3.8, 4) is 5.75 Å². The van der Waals surface area contributed by atoms with E-state index in [-0.39, 0.29) is 23.4 Å². The van der Waals surface area contributed by atoms with Gasteiger partial charge < -0.3 is 24.8 Å². The molecule has 1 aliphatic rings. The Morgan fingerprint density at radius 3 is 2.86 bits per heavy atom. The number of methoxy groups -OCH3 is 1. The molecular formula is C14H18N2O5. The summed E-state index contributed by atoms with van der Waals surface area (Å²) in [5.41, 5.74) is 0.233. The number of urea groups is 1.